The first kappa shape index (κ1) is 26.6. The van der Waals surface area contributed by atoms with Gasteiger partial charge in [-0.1, -0.05) is 24.3 Å². The third-order valence-electron chi connectivity index (χ3n) is 6.97. The number of hydrogen-bond acceptors (Lipinski definition) is 5. The smallest absolute Gasteiger partial charge is 0.323 e. The van der Waals surface area contributed by atoms with E-state index in [9.17, 15) is 18.4 Å². The number of amides is 3. The van der Waals surface area contributed by atoms with Crippen LogP contribution in [0.2, 0.25) is 0 Å². The van der Waals surface area contributed by atoms with Crippen LogP contribution in [0.4, 0.5) is 30.6 Å². The highest BCUT2D eigenvalue weighted by Crippen LogP contribution is 2.30. The Morgan fingerprint density at radius 2 is 1.56 bits per heavy atom. The summed E-state index contributed by atoms with van der Waals surface area (Å²) < 4.78 is 32.1. The minimum atomic E-state index is -1.06. The van der Waals surface area contributed by atoms with E-state index in [-0.39, 0.29) is 11.6 Å². The quantitative estimate of drug-likeness (QED) is 0.422. The van der Waals surface area contributed by atoms with E-state index in [2.05, 4.69) is 37.9 Å². The number of nitrogens with one attached hydrogen (secondary N) is 3. The van der Waals surface area contributed by atoms with Crippen molar-refractivity contribution >= 4 is 29.0 Å². The number of carbonyl (C=O) groups is 2. The minimum Gasteiger partial charge on any atom is -0.379 e. The Kier molecular flexibility index (Phi) is 8.33. The van der Waals surface area contributed by atoms with Crippen molar-refractivity contribution in [1.29, 1.82) is 0 Å². The largest absolute Gasteiger partial charge is 0.379 e. The summed E-state index contributed by atoms with van der Waals surface area (Å²) in [6.45, 7) is 5.68. The summed E-state index contributed by atoms with van der Waals surface area (Å²) in [5, 5.41) is 8.19. The number of carbonyl (C=O) groups excluding carboxylic acids is 2. The zero-order valence-corrected chi connectivity index (χ0v) is 21.5. The molecule has 3 N–H and O–H groups in total. The summed E-state index contributed by atoms with van der Waals surface area (Å²) in [4.78, 5) is 30.4. The van der Waals surface area contributed by atoms with Crippen LogP contribution in [0.15, 0.2) is 60.7 Å². The first-order chi connectivity index (χ1) is 19.0. The molecule has 10 heteroatoms. The Morgan fingerprint density at radius 1 is 0.846 bits per heavy atom. The van der Waals surface area contributed by atoms with E-state index in [1.165, 1.54) is 17.2 Å². The number of morpholine rings is 1. The number of anilines is 3. The second-order valence-electron chi connectivity index (χ2n) is 9.59. The van der Waals surface area contributed by atoms with E-state index in [0.717, 1.165) is 50.4 Å². The standard InChI is InChI=1S/C29H31F2N5O3/c30-25-7-5-23(18-26(25)31)34-29(38)33-22-6-8-27(36-11-9-20-3-1-2-4-21(20)19-36)24(17-22)28(37)32-10-12-35-13-15-39-16-14-35/h1-8,17-18H,9-16,19H2,(H,32,37)(H2,33,34,38). The fourth-order valence-corrected chi connectivity index (χ4v) is 4.89. The van der Waals surface area contributed by atoms with Gasteiger partial charge in [0.1, 0.15) is 0 Å². The van der Waals surface area contributed by atoms with Gasteiger partial charge in [-0.15, -0.1) is 0 Å². The lowest BCUT2D eigenvalue weighted by atomic mass is 9.98. The lowest BCUT2D eigenvalue weighted by Gasteiger charge is -2.32. The number of nitrogens with zero attached hydrogens (tertiary/aromatic N) is 2. The van der Waals surface area contributed by atoms with Gasteiger partial charge in [0.2, 0.25) is 0 Å². The molecule has 0 radical (unpaired) electrons. The summed E-state index contributed by atoms with van der Waals surface area (Å²) in [5.74, 6) is -2.29. The van der Waals surface area contributed by atoms with Gasteiger partial charge in [0, 0.05) is 62.4 Å². The third-order valence-corrected chi connectivity index (χ3v) is 6.97. The topological polar surface area (TPSA) is 85.9 Å². The molecule has 5 rings (SSSR count). The van der Waals surface area contributed by atoms with Gasteiger partial charge in [-0.3, -0.25) is 9.69 Å². The minimum absolute atomic E-state index is 0.107. The van der Waals surface area contributed by atoms with Crippen LogP contribution in [0.25, 0.3) is 0 Å². The summed E-state index contributed by atoms with van der Waals surface area (Å²) >= 11 is 0. The summed E-state index contributed by atoms with van der Waals surface area (Å²) in [6, 6.07) is 16.0. The molecule has 204 valence electrons. The molecule has 2 heterocycles. The third kappa shape index (κ3) is 6.71. The Hall–Kier alpha value is -4.02. The van der Waals surface area contributed by atoms with Crippen LogP contribution in [0, 0.1) is 11.6 Å². The highest BCUT2D eigenvalue weighted by Gasteiger charge is 2.22. The van der Waals surface area contributed by atoms with Gasteiger partial charge in [0.25, 0.3) is 5.91 Å². The Morgan fingerprint density at radius 3 is 2.33 bits per heavy atom. The van der Waals surface area contributed by atoms with E-state index in [0.29, 0.717) is 37.6 Å². The molecule has 8 nitrogen and oxygen atoms in total. The van der Waals surface area contributed by atoms with Crippen molar-refractivity contribution in [1.82, 2.24) is 10.2 Å². The molecule has 39 heavy (non-hydrogen) atoms. The van der Waals surface area contributed by atoms with Crippen molar-refractivity contribution in [2.24, 2.45) is 0 Å². The van der Waals surface area contributed by atoms with Gasteiger partial charge in [-0.25, -0.2) is 13.6 Å². The SMILES string of the molecule is O=C(Nc1ccc(F)c(F)c1)Nc1ccc(N2CCc3ccccc3C2)c(C(=O)NCCN2CCOCC2)c1. The molecule has 0 aliphatic carbocycles. The average Bonchev–Trinajstić information content (AvgIpc) is 2.95. The van der Waals surface area contributed by atoms with Crippen molar-refractivity contribution in [2.75, 3.05) is 61.5 Å². The van der Waals surface area contributed by atoms with Crippen LogP contribution in [0.3, 0.4) is 0 Å². The van der Waals surface area contributed by atoms with Crippen LogP contribution in [-0.4, -0.2) is 62.8 Å². The first-order valence-electron chi connectivity index (χ1n) is 13.0. The number of benzene rings is 3. The molecule has 0 unspecified atom stereocenters. The van der Waals surface area contributed by atoms with Gasteiger partial charge in [0.05, 0.1) is 18.8 Å². The predicted molar refractivity (Wildman–Crippen MR) is 146 cm³/mol. The highest BCUT2D eigenvalue weighted by molar-refractivity contribution is 6.04. The molecule has 0 spiro atoms. The average molecular weight is 536 g/mol. The molecule has 3 aromatic carbocycles. The maximum absolute atomic E-state index is 13.5. The van der Waals surface area contributed by atoms with Gasteiger partial charge in [0.15, 0.2) is 11.6 Å². The maximum atomic E-state index is 13.5. The van der Waals surface area contributed by atoms with Crippen LogP contribution in [0.5, 0.6) is 0 Å². The second kappa shape index (κ2) is 12.2. The first-order valence-corrected chi connectivity index (χ1v) is 13.0. The number of urea groups is 1. The van der Waals surface area contributed by atoms with Crippen LogP contribution >= 0.6 is 0 Å². The summed E-state index contributed by atoms with van der Waals surface area (Å²) in [5.41, 5.74) is 4.25. The molecular weight excluding hydrogens is 504 g/mol. The number of rotatable bonds is 7. The molecule has 0 bridgehead atoms. The molecule has 0 saturated carbocycles. The fourth-order valence-electron chi connectivity index (χ4n) is 4.89. The number of fused-ring (bicyclic) bond motifs is 1. The van der Waals surface area contributed by atoms with Gasteiger partial charge < -0.3 is 25.6 Å². The van der Waals surface area contributed by atoms with Crippen LogP contribution in [-0.2, 0) is 17.7 Å². The normalized spacial score (nSPS) is 15.4. The summed E-state index contributed by atoms with van der Waals surface area (Å²) in [6.07, 6.45) is 0.866. The van der Waals surface area contributed by atoms with Crippen molar-refractivity contribution in [3.05, 3.63) is 89.0 Å². The van der Waals surface area contributed by atoms with E-state index in [1.54, 1.807) is 12.1 Å². The Balaban J connectivity index is 1.32. The summed E-state index contributed by atoms with van der Waals surface area (Å²) in [7, 11) is 0. The van der Waals surface area contributed by atoms with E-state index in [1.807, 2.05) is 18.2 Å². The van der Waals surface area contributed by atoms with Gasteiger partial charge in [-0.05, 0) is 47.9 Å². The van der Waals surface area contributed by atoms with E-state index < -0.39 is 17.7 Å². The molecule has 3 amide bonds. The van der Waals surface area contributed by atoms with Gasteiger partial charge >= 0.3 is 6.03 Å². The van der Waals surface area contributed by atoms with Gasteiger partial charge in [-0.2, -0.15) is 0 Å². The highest BCUT2D eigenvalue weighted by atomic mass is 19.2. The molecule has 1 fully saturated rings. The lowest BCUT2D eigenvalue weighted by molar-refractivity contribution is 0.0383. The molecule has 0 atom stereocenters. The van der Waals surface area contributed by atoms with Crippen LogP contribution < -0.4 is 20.9 Å². The van der Waals surface area contributed by atoms with Crippen molar-refractivity contribution in [3.8, 4) is 0 Å². The number of hydrogen-bond donors (Lipinski definition) is 3. The fraction of sp³-hybridized carbons (Fsp3) is 0.310. The van der Waals surface area contributed by atoms with Crippen molar-refractivity contribution in [3.63, 3.8) is 0 Å². The monoisotopic (exact) mass is 535 g/mol. The second-order valence-corrected chi connectivity index (χ2v) is 9.59. The lowest BCUT2D eigenvalue weighted by Crippen LogP contribution is -2.41. The molecule has 1 saturated heterocycles. The molecular formula is C29H31F2N5O3. The predicted octanol–water partition coefficient (Wildman–Crippen LogP) is 4.23. The van der Waals surface area contributed by atoms with Crippen LogP contribution in [0.1, 0.15) is 21.5 Å². The van der Waals surface area contributed by atoms with E-state index >= 15 is 0 Å². The Labute approximate surface area is 225 Å². The van der Waals surface area contributed by atoms with Crippen molar-refractivity contribution < 1.29 is 23.1 Å². The Bertz CT molecular complexity index is 1350. The molecule has 0 aromatic heterocycles. The van der Waals surface area contributed by atoms with E-state index in [4.69, 9.17) is 4.74 Å². The molecule has 2 aliphatic rings. The number of halogens is 2. The zero-order chi connectivity index (χ0) is 27.2. The molecule has 2 aliphatic heterocycles. The zero-order valence-electron chi connectivity index (χ0n) is 21.5. The number of ether oxygens (including phenoxy) is 1. The van der Waals surface area contributed by atoms with Crippen molar-refractivity contribution in [2.45, 2.75) is 13.0 Å². The maximum Gasteiger partial charge on any atom is 0.323 e. The molecule has 3 aromatic rings.